The standard InChI is InChI=1S/C21H23NO3/c1-15-8-10-17(11-9-15)14-22-19(21(24)25-2)13-18(20(22)23)12-16-6-4-3-5-7-16/h3-11,18-19H,12-14H2,1-2H3/t18-,19+/m1/s1. The average molecular weight is 337 g/mol. The van der Waals surface area contributed by atoms with Gasteiger partial charge in [0.1, 0.15) is 6.04 Å². The third-order valence-electron chi connectivity index (χ3n) is 4.79. The molecule has 0 aliphatic carbocycles. The van der Waals surface area contributed by atoms with Gasteiger partial charge in [-0.2, -0.15) is 0 Å². The van der Waals surface area contributed by atoms with Gasteiger partial charge in [0.2, 0.25) is 5.91 Å². The van der Waals surface area contributed by atoms with Crippen LogP contribution in [0.15, 0.2) is 54.6 Å². The first kappa shape index (κ1) is 17.2. The molecule has 0 spiro atoms. The van der Waals surface area contributed by atoms with E-state index in [1.165, 1.54) is 12.7 Å². The average Bonchev–Trinajstić information content (AvgIpc) is 2.93. The van der Waals surface area contributed by atoms with Crippen molar-refractivity contribution in [3.8, 4) is 0 Å². The summed E-state index contributed by atoms with van der Waals surface area (Å²) in [6, 6.07) is 17.5. The van der Waals surface area contributed by atoms with Gasteiger partial charge in [-0.3, -0.25) is 4.79 Å². The van der Waals surface area contributed by atoms with Crippen molar-refractivity contribution in [1.82, 2.24) is 4.90 Å². The summed E-state index contributed by atoms with van der Waals surface area (Å²) in [6.07, 6.45) is 1.16. The molecule has 0 unspecified atom stereocenters. The molecule has 4 nitrogen and oxygen atoms in total. The molecule has 2 aromatic carbocycles. The van der Waals surface area contributed by atoms with Crippen LogP contribution in [0.5, 0.6) is 0 Å². The number of esters is 1. The fourth-order valence-electron chi connectivity index (χ4n) is 3.39. The van der Waals surface area contributed by atoms with E-state index in [9.17, 15) is 9.59 Å². The van der Waals surface area contributed by atoms with Crippen LogP contribution in [0.3, 0.4) is 0 Å². The van der Waals surface area contributed by atoms with E-state index in [0.29, 0.717) is 19.4 Å². The highest BCUT2D eigenvalue weighted by atomic mass is 16.5. The van der Waals surface area contributed by atoms with Crippen molar-refractivity contribution in [2.24, 2.45) is 5.92 Å². The molecule has 2 aromatic rings. The van der Waals surface area contributed by atoms with Crippen LogP contribution in [0.1, 0.15) is 23.1 Å². The van der Waals surface area contributed by atoms with Gasteiger partial charge >= 0.3 is 5.97 Å². The first-order valence-electron chi connectivity index (χ1n) is 8.56. The molecule has 1 amide bonds. The van der Waals surface area contributed by atoms with Gasteiger partial charge < -0.3 is 9.64 Å². The number of hydrogen-bond acceptors (Lipinski definition) is 3. The smallest absolute Gasteiger partial charge is 0.328 e. The highest BCUT2D eigenvalue weighted by molar-refractivity contribution is 5.90. The summed E-state index contributed by atoms with van der Waals surface area (Å²) in [5.41, 5.74) is 3.30. The molecule has 0 N–H and O–H groups in total. The number of likely N-dealkylation sites (tertiary alicyclic amines) is 1. The van der Waals surface area contributed by atoms with E-state index >= 15 is 0 Å². The maximum Gasteiger partial charge on any atom is 0.328 e. The minimum atomic E-state index is -0.507. The normalized spacial score (nSPS) is 19.9. The summed E-state index contributed by atoms with van der Waals surface area (Å²) in [6.45, 7) is 2.46. The summed E-state index contributed by atoms with van der Waals surface area (Å²) in [5.74, 6) is -0.493. The molecule has 3 rings (SSSR count). The second kappa shape index (κ2) is 7.51. The van der Waals surface area contributed by atoms with Crippen LogP contribution < -0.4 is 0 Å². The molecule has 1 aliphatic rings. The first-order chi connectivity index (χ1) is 12.1. The SMILES string of the molecule is COC(=O)[C@@H]1C[C@@H](Cc2ccccc2)C(=O)N1Cc1ccc(C)cc1. The molecule has 1 aliphatic heterocycles. The first-order valence-corrected chi connectivity index (χ1v) is 8.56. The van der Waals surface area contributed by atoms with Crippen molar-refractivity contribution < 1.29 is 14.3 Å². The monoisotopic (exact) mass is 337 g/mol. The predicted octanol–water partition coefficient (Wildman–Crippen LogP) is 3.13. The van der Waals surface area contributed by atoms with Gasteiger partial charge in [-0.15, -0.1) is 0 Å². The second-order valence-corrected chi connectivity index (χ2v) is 6.61. The van der Waals surface area contributed by atoms with Gasteiger partial charge in [-0.05, 0) is 30.9 Å². The maximum atomic E-state index is 12.9. The maximum absolute atomic E-state index is 12.9. The Morgan fingerprint density at radius 1 is 1.08 bits per heavy atom. The summed E-state index contributed by atoms with van der Waals surface area (Å²) in [4.78, 5) is 26.8. The molecule has 2 atom stereocenters. The van der Waals surface area contributed by atoms with Gasteiger partial charge in [-0.1, -0.05) is 60.2 Å². The van der Waals surface area contributed by atoms with Crippen LogP contribution in [-0.2, 0) is 27.3 Å². The lowest BCUT2D eigenvalue weighted by Gasteiger charge is -2.23. The van der Waals surface area contributed by atoms with E-state index < -0.39 is 6.04 Å². The van der Waals surface area contributed by atoms with Crippen molar-refractivity contribution >= 4 is 11.9 Å². The molecular weight excluding hydrogens is 314 g/mol. The number of carbonyl (C=O) groups is 2. The van der Waals surface area contributed by atoms with Crippen molar-refractivity contribution in [2.45, 2.75) is 32.4 Å². The van der Waals surface area contributed by atoms with Crippen LogP contribution in [0.4, 0.5) is 0 Å². The molecule has 0 radical (unpaired) electrons. The third kappa shape index (κ3) is 3.90. The van der Waals surface area contributed by atoms with E-state index in [1.807, 2.05) is 61.5 Å². The fraction of sp³-hybridized carbons (Fsp3) is 0.333. The number of hydrogen-bond donors (Lipinski definition) is 0. The number of ether oxygens (including phenoxy) is 1. The minimum absolute atomic E-state index is 0.0276. The number of carbonyl (C=O) groups excluding carboxylic acids is 2. The summed E-state index contributed by atoms with van der Waals surface area (Å²) >= 11 is 0. The Morgan fingerprint density at radius 2 is 1.76 bits per heavy atom. The van der Waals surface area contributed by atoms with E-state index in [0.717, 1.165) is 11.1 Å². The highest BCUT2D eigenvalue weighted by Gasteiger charge is 2.43. The second-order valence-electron chi connectivity index (χ2n) is 6.61. The summed E-state index contributed by atoms with van der Waals surface area (Å²) < 4.78 is 4.94. The molecule has 0 bridgehead atoms. The van der Waals surface area contributed by atoms with Crippen LogP contribution >= 0.6 is 0 Å². The topological polar surface area (TPSA) is 46.6 Å². The minimum Gasteiger partial charge on any atom is -0.467 e. The molecule has 0 saturated carbocycles. The fourth-order valence-corrected chi connectivity index (χ4v) is 3.39. The van der Waals surface area contributed by atoms with E-state index in [-0.39, 0.29) is 17.8 Å². The predicted molar refractivity (Wildman–Crippen MR) is 95.8 cm³/mol. The molecule has 25 heavy (non-hydrogen) atoms. The summed E-state index contributed by atoms with van der Waals surface area (Å²) in [5, 5.41) is 0. The molecule has 130 valence electrons. The Hall–Kier alpha value is -2.62. The third-order valence-corrected chi connectivity index (χ3v) is 4.79. The number of benzene rings is 2. The lowest BCUT2D eigenvalue weighted by Crippen LogP contribution is -2.39. The van der Waals surface area contributed by atoms with Gasteiger partial charge in [0.05, 0.1) is 7.11 Å². The van der Waals surface area contributed by atoms with Crippen LogP contribution in [-0.4, -0.2) is 29.9 Å². The number of nitrogens with zero attached hydrogens (tertiary/aromatic N) is 1. The van der Waals surface area contributed by atoms with Gasteiger partial charge in [0.25, 0.3) is 0 Å². The zero-order valence-electron chi connectivity index (χ0n) is 14.6. The van der Waals surface area contributed by atoms with Gasteiger partial charge in [0.15, 0.2) is 0 Å². The quantitative estimate of drug-likeness (QED) is 0.788. The molecular formula is C21H23NO3. The van der Waals surface area contributed by atoms with Crippen LogP contribution in [0.2, 0.25) is 0 Å². The van der Waals surface area contributed by atoms with Crippen LogP contribution in [0.25, 0.3) is 0 Å². The number of rotatable bonds is 5. The van der Waals surface area contributed by atoms with Crippen molar-refractivity contribution in [1.29, 1.82) is 0 Å². The zero-order chi connectivity index (χ0) is 17.8. The van der Waals surface area contributed by atoms with E-state index in [1.54, 1.807) is 4.90 Å². The Labute approximate surface area is 148 Å². The lowest BCUT2D eigenvalue weighted by atomic mass is 9.96. The Bertz CT molecular complexity index is 739. The van der Waals surface area contributed by atoms with Crippen molar-refractivity contribution in [3.05, 3.63) is 71.3 Å². The zero-order valence-corrected chi connectivity index (χ0v) is 14.6. The Balaban J connectivity index is 1.79. The number of aryl methyl sites for hydroxylation is 1. The largest absolute Gasteiger partial charge is 0.467 e. The van der Waals surface area contributed by atoms with Crippen molar-refractivity contribution in [2.75, 3.05) is 7.11 Å². The van der Waals surface area contributed by atoms with Crippen molar-refractivity contribution in [3.63, 3.8) is 0 Å². The molecule has 0 aromatic heterocycles. The van der Waals surface area contributed by atoms with E-state index in [2.05, 4.69) is 0 Å². The van der Waals surface area contributed by atoms with Gasteiger partial charge in [-0.25, -0.2) is 4.79 Å². The Morgan fingerprint density at radius 3 is 2.40 bits per heavy atom. The van der Waals surface area contributed by atoms with Crippen LogP contribution in [0, 0.1) is 12.8 Å². The Kier molecular flexibility index (Phi) is 5.17. The van der Waals surface area contributed by atoms with Gasteiger partial charge in [0, 0.05) is 12.5 Å². The summed E-state index contributed by atoms with van der Waals surface area (Å²) in [7, 11) is 1.38. The number of methoxy groups -OCH3 is 1. The highest BCUT2D eigenvalue weighted by Crippen LogP contribution is 2.30. The molecule has 1 saturated heterocycles. The molecule has 1 fully saturated rings. The molecule has 1 heterocycles. The van der Waals surface area contributed by atoms with E-state index in [4.69, 9.17) is 4.74 Å². The number of amides is 1. The lowest BCUT2D eigenvalue weighted by molar-refractivity contribution is -0.149. The molecule has 4 heteroatoms.